The fourth-order valence-corrected chi connectivity index (χ4v) is 1.50. The summed E-state index contributed by atoms with van der Waals surface area (Å²) in [5.41, 5.74) is 12.3. The number of unbranched alkanes of at least 4 members (excludes halogenated alkanes) is 1. The summed E-state index contributed by atoms with van der Waals surface area (Å²) in [5, 5.41) is 0. The maximum absolute atomic E-state index is 5.97. The van der Waals surface area contributed by atoms with E-state index in [9.17, 15) is 0 Å². The Kier molecular flexibility index (Phi) is 7.96. The molecule has 15 heavy (non-hydrogen) atoms. The minimum atomic E-state index is 0. The number of halogens is 2. The van der Waals surface area contributed by atoms with Crippen LogP contribution >= 0.6 is 28.3 Å². The molecular weight excluding hydrogens is 277 g/mol. The standard InChI is InChI=1S/C10H16BrN3.ClH/c11-8-4-5-10(14-7-8)9(13)3-1-2-6-12;/h4-5,7,9H,1-3,6,12-13H2;1H/t9-;/m1./s1. The van der Waals surface area contributed by atoms with Crippen molar-refractivity contribution in [3.63, 3.8) is 0 Å². The van der Waals surface area contributed by atoms with Crippen LogP contribution in [0.1, 0.15) is 31.0 Å². The molecule has 86 valence electrons. The van der Waals surface area contributed by atoms with E-state index in [-0.39, 0.29) is 18.4 Å². The molecule has 0 saturated carbocycles. The van der Waals surface area contributed by atoms with Gasteiger partial charge in [0, 0.05) is 16.7 Å². The van der Waals surface area contributed by atoms with Crippen LogP contribution in [0.2, 0.25) is 0 Å². The van der Waals surface area contributed by atoms with Gasteiger partial charge in [0.15, 0.2) is 0 Å². The average Bonchev–Trinajstić information content (AvgIpc) is 2.19. The van der Waals surface area contributed by atoms with Crippen molar-refractivity contribution >= 4 is 28.3 Å². The van der Waals surface area contributed by atoms with Gasteiger partial charge in [-0.1, -0.05) is 6.42 Å². The van der Waals surface area contributed by atoms with Gasteiger partial charge in [-0.3, -0.25) is 4.98 Å². The number of rotatable bonds is 5. The molecule has 1 rings (SSSR count). The zero-order valence-electron chi connectivity index (χ0n) is 8.53. The molecule has 0 aliphatic carbocycles. The summed E-state index contributed by atoms with van der Waals surface area (Å²) in [6.07, 6.45) is 4.82. The Balaban J connectivity index is 0.00000196. The van der Waals surface area contributed by atoms with Crippen LogP contribution in [0, 0.1) is 0 Å². The van der Waals surface area contributed by atoms with Crippen molar-refractivity contribution < 1.29 is 0 Å². The third-order valence-corrected chi connectivity index (χ3v) is 2.57. The van der Waals surface area contributed by atoms with E-state index in [1.54, 1.807) is 6.20 Å². The Hall–Kier alpha value is -0.160. The molecule has 1 atom stereocenters. The fraction of sp³-hybridized carbons (Fsp3) is 0.500. The van der Waals surface area contributed by atoms with E-state index in [1.807, 2.05) is 12.1 Å². The maximum Gasteiger partial charge on any atom is 0.0571 e. The zero-order valence-corrected chi connectivity index (χ0v) is 10.9. The molecular formula is C10H17BrClN3. The Morgan fingerprint density at radius 3 is 2.60 bits per heavy atom. The van der Waals surface area contributed by atoms with E-state index < -0.39 is 0 Å². The minimum Gasteiger partial charge on any atom is -0.330 e. The number of nitrogens with zero attached hydrogens (tertiary/aromatic N) is 1. The molecule has 0 unspecified atom stereocenters. The Bertz CT molecular complexity index is 266. The topological polar surface area (TPSA) is 64.9 Å². The molecule has 0 aliphatic rings. The van der Waals surface area contributed by atoms with Crippen molar-refractivity contribution in [1.82, 2.24) is 4.98 Å². The molecule has 0 amide bonds. The van der Waals surface area contributed by atoms with Gasteiger partial charge in [-0.05, 0) is 47.4 Å². The molecule has 0 radical (unpaired) electrons. The van der Waals surface area contributed by atoms with E-state index in [4.69, 9.17) is 11.5 Å². The number of hydrogen-bond donors (Lipinski definition) is 2. The van der Waals surface area contributed by atoms with Crippen LogP contribution in [0.4, 0.5) is 0 Å². The van der Waals surface area contributed by atoms with Crippen molar-refractivity contribution in [1.29, 1.82) is 0 Å². The SMILES string of the molecule is Cl.NCCCC[C@@H](N)c1ccc(Br)cn1. The molecule has 4 N–H and O–H groups in total. The summed E-state index contributed by atoms with van der Waals surface area (Å²) in [5.74, 6) is 0. The highest BCUT2D eigenvalue weighted by Crippen LogP contribution is 2.16. The van der Waals surface area contributed by atoms with Gasteiger partial charge in [0.25, 0.3) is 0 Å². The number of pyridine rings is 1. The van der Waals surface area contributed by atoms with Crippen LogP contribution in [0.25, 0.3) is 0 Å². The predicted octanol–water partition coefficient (Wildman–Crippen LogP) is 2.39. The third-order valence-electron chi connectivity index (χ3n) is 2.10. The van der Waals surface area contributed by atoms with Gasteiger partial charge in [0.2, 0.25) is 0 Å². The monoisotopic (exact) mass is 293 g/mol. The molecule has 1 aromatic rings. The van der Waals surface area contributed by atoms with E-state index >= 15 is 0 Å². The van der Waals surface area contributed by atoms with E-state index in [0.717, 1.165) is 36.0 Å². The molecule has 0 aromatic carbocycles. The van der Waals surface area contributed by atoms with E-state index in [0.29, 0.717) is 0 Å². The smallest absolute Gasteiger partial charge is 0.0571 e. The largest absolute Gasteiger partial charge is 0.330 e. The third kappa shape index (κ3) is 5.47. The molecule has 0 aliphatic heterocycles. The van der Waals surface area contributed by atoms with Gasteiger partial charge in [-0.25, -0.2) is 0 Å². The maximum atomic E-state index is 5.97. The van der Waals surface area contributed by atoms with Crippen LogP contribution in [-0.2, 0) is 0 Å². The van der Waals surface area contributed by atoms with Crippen LogP contribution in [0.5, 0.6) is 0 Å². The average molecular weight is 295 g/mol. The molecule has 1 aromatic heterocycles. The second-order valence-electron chi connectivity index (χ2n) is 3.29. The molecule has 3 nitrogen and oxygen atoms in total. The molecule has 0 saturated heterocycles. The highest BCUT2D eigenvalue weighted by Gasteiger charge is 2.06. The Morgan fingerprint density at radius 1 is 1.33 bits per heavy atom. The first kappa shape index (κ1) is 14.8. The van der Waals surface area contributed by atoms with Gasteiger partial charge in [0.05, 0.1) is 5.69 Å². The summed E-state index contributed by atoms with van der Waals surface area (Å²) < 4.78 is 0.982. The summed E-state index contributed by atoms with van der Waals surface area (Å²) in [6, 6.07) is 3.96. The number of hydrogen-bond acceptors (Lipinski definition) is 3. The molecule has 0 bridgehead atoms. The van der Waals surface area contributed by atoms with Gasteiger partial charge in [0.1, 0.15) is 0 Å². The zero-order chi connectivity index (χ0) is 10.4. The van der Waals surface area contributed by atoms with Crippen molar-refractivity contribution in [2.45, 2.75) is 25.3 Å². The van der Waals surface area contributed by atoms with Gasteiger partial charge >= 0.3 is 0 Å². The predicted molar refractivity (Wildman–Crippen MR) is 69.0 cm³/mol. The lowest BCUT2D eigenvalue weighted by Gasteiger charge is -2.10. The van der Waals surface area contributed by atoms with Gasteiger partial charge in [-0.15, -0.1) is 12.4 Å². The highest BCUT2D eigenvalue weighted by molar-refractivity contribution is 9.10. The first-order valence-corrected chi connectivity index (χ1v) is 5.60. The lowest BCUT2D eigenvalue weighted by molar-refractivity contribution is 0.579. The quantitative estimate of drug-likeness (QED) is 0.820. The fourth-order valence-electron chi connectivity index (χ4n) is 1.26. The second kappa shape index (κ2) is 8.05. The van der Waals surface area contributed by atoms with Gasteiger partial charge in [-0.2, -0.15) is 0 Å². The van der Waals surface area contributed by atoms with Crippen LogP contribution in [0.3, 0.4) is 0 Å². The normalized spacial score (nSPS) is 11.9. The first-order chi connectivity index (χ1) is 6.74. The summed E-state index contributed by atoms with van der Waals surface area (Å²) in [4.78, 5) is 4.25. The molecule has 0 spiro atoms. The van der Waals surface area contributed by atoms with Gasteiger partial charge < -0.3 is 11.5 Å². The molecule has 1 heterocycles. The van der Waals surface area contributed by atoms with Crippen molar-refractivity contribution in [2.24, 2.45) is 11.5 Å². The lowest BCUT2D eigenvalue weighted by atomic mass is 10.1. The summed E-state index contributed by atoms with van der Waals surface area (Å²) >= 11 is 3.34. The van der Waals surface area contributed by atoms with Crippen LogP contribution in [-0.4, -0.2) is 11.5 Å². The Morgan fingerprint density at radius 2 is 2.07 bits per heavy atom. The Labute approximate surface area is 105 Å². The summed E-state index contributed by atoms with van der Waals surface area (Å²) in [7, 11) is 0. The second-order valence-corrected chi connectivity index (χ2v) is 4.21. The summed E-state index contributed by atoms with van der Waals surface area (Å²) in [6.45, 7) is 0.737. The molecule has 5 heteroatoms. The number of nitrogens with two attached hydrogens (primary N) is 2. The lowest BCUT2D eigenvalue weighted by Crippen LogP contribution is -2.12. The van der Waals surface area contributed by atoms with Crippen LogP contribution < -0.4 is 11.5 Å². The van der Waals surface area contributed by atoms with Crippen molar-refractivity contribution in [3.05, 3.63) is 28.5 Å². The van der Waals surface area contributed by atoms with Crippen molar-refractivity contribution in [2.75, 3.05) is 6.54 Å². The highest BCUT2D eigenvalue weighted by atomic mass is 79.9. The van der Waals surface area contributed by atoms with Crippen molar-refractivity contribution in [3.8, 4) is 0 Å². The molecule has 0 fully saturated rings. The van der Waals surface area contributed by atoms with E-state index in [2.05, 4.69) is 20.9 Å². The van der Waals surface area contributed by atoms with Crippen LogP contribution in [0.15, 0.2) is 22.8 Å². The number of aromatic nitrogens is 1. The minimum absolute atomic E-state index is 0. The van der Waals surface area contributed by atoms with E-state index in [1.165, 1.54) is 0 Å². The first-order valence-electron chi connectivity index (χ1n) is 4.81.